The molecule has 7 heteroatoms. The van der Waals surface area contributed by atoms with Gasteiger partial charge in [0.15, 0.2) is 6.10 Å². The first kappa shape index (κ1) is 16.8. The fourth-order valence-corrected chi connectivity index (χ4v) is 2.16. The van der Waals surface area contributed by atoms with E-state index in [0.717, 1.165) is 0 Å². The van der Waals surface area contributed by atoms with Crippen molar-refractivity contribution in [3.63, 3.8) is 0 Å². The molecule has 110 valence electrons. The molecule has 20 heavy (non-hydrogen) atoms. The molecule has 0 heterocycles. The molecular weight excluding hydrogens is 348 g/mol. The summed E-state index contributed by atoms with van der Waals surface area (Å²) in [5, 5.41) is 5.84. The lowest BCUT2D eigenvalue weighted by Gasteiger charge is -2.16. The SMILES string of the molecule is CC(=O)NCCNC(=O)C(C)Oc1ccc(Cl)cc1Br. The minimum absolute atomic E-state index is 0.131. The summed E-state index contributed by atoms with van der Waals surface area (Å²) in [4.78, 5) is 22.4. The quantitative estimate of drug-likeness (QED) is 0.761. The third-order valence-corrected chi connectivity index (χ3v) is 3.22. The van der Waals surface area contributed by atoms with Gasteiger partial charge >= 0.3 is 0 Å². The zero-order chi connectivity index (χ0) is 15.1. The van der Waals surface area contributed by atoms with E-state index in [0.29, 0.717) is 28.3 Å². The molecule has 1 aromatic carbocycles. The van der Waals surface area contributed by atoms with Crippen LogP contribution in [0.5, 0.6) is 5.75 Å². The molecule has 2 N–H and O–H groups in total. The van der Waals surface area contributed by atoms with Gasteiger partial charge in [0.05, 0.1) is 4.47 Å². The van der Waals surface area contributed by atoms with Crippen LogP contribution in [0, 0.1) is 0 Å². The monoisotopic (exact) mass is 362 g/mol. The van der Waals surface area contributed by atoms with Crippen molar-refractivity contribution in [1.82, 2.24) is 10.6 Å². The fourth-order valence-electron chi connectivity index (χ4n) is 1.38. The lowest BCUT2D eigenvalue weighted by molar-refractivity contribution is -0.127. The van der Waals surface area contributed by atoms with E-state index in [4.69, 9.17) is 16.3 Å². The molecule has 0 aliphatic carbocycles. The summed E-state index contributed by atoms with van der Waals surface area (Å²) < 4.78 is 6.22. The van der Waals surface area contributed by atoms with Crippen molar-refractivity contribution in [2.75, 3.05) is 13.1 Å². The molecule has 0 fully saturated rings. The van der Waals surface area contributed by atoms with Crippen molar-refractivity contribution in [2.45, 2.75) is 20.0 Å². The number of hydrogen-bond acceptors (Lipinski definition) is 3. The maximum absolute atomic E-state index is 11.8. The number of carbonyl (C=O) groups is 2. The van der Waals surface area contributed by atoms with Gasteiger partial charge < -0.3 is 15.4 Å². The second kappa shape index (κ2) is 8.11. The molecule has 0 aliphatic rings. The van der Waals surface area contributed by atoms with Crippen LogP contribution in [-0.2, 0) is 9.59 Å². The van der Waals surface area contributed by atoms with Crippen LogP contribution in [-0.4, -0.2) is 31.0 Å². The van der Waals surface area contributed by atoms with Crippen molar-refractivity contribution in [2.24, 2.45) is 0 Å². The van der Waals surface area contributed by atoms with E-state index in [-0.39, 0.29) is 11.8 Å². The summed E-state index contributed by atoms with van der Waals surface area (Å²) in [5.74, 6) is 0.157. The molecule has 0 aliphatic heterocycles. The second-order valence-corrected chi connectivity index (χ2v) is 5.40. The van der Waals surface area contributed by atoms with Gasteiger partial charge in [-0.1, -0.05) is 11.6 Å². The minimum Gasteiger partial charge on any atom is -0.480 e. The molecule has 0 saturated carbocycles. The number of hydrogen-bond donors (Lipinski definition) is 2. The van der Waals surface area contributed by atoms with Crippen LogP contribution in [0.4, 0.5) is 0 Å². The van der Waals surface area contributed by atoms with Crippen molar-refractivity contribution in [3.8, 4) is 5.75 Å². The molecule has 0 saturated heterocycles. The summed E-state index contributed by atoms with van der Waals surface area (Å²) in [5.41, 5.74) is 0. The van der Waals surface area contributed by atoms with Crippen LogP contribution in [0.2, 0.25) is 5.02 Å². The largest absolute Gasteiger partial charge is 0.480 e. The average Bonchev–Trinajstić information content (AvgIpc) is 2.37. The molecule has 5 nitrogen and oxygen atoms in total. The number of halogens is 2. The van der Waals surface area contributed by atoms with Gasteiger partial charge in [-0.2, -0.15) is 0 Å². The molecule has 1 unspecified atom stereocenters. The number of nitrogens with one attached hydrogen (secondary N) is 2. The van der Waals surface area contributed by atoms with Crippen molar-refractivity contribution >= 4 is 39.3 Å². The highest BCUT2D eigenvalue weighted by molar-refractivity contribution is 9.10. The van der Waals surface area contributed by atoms with Gasteiger partial charge in [0.25, 0.3) is 5.91 Å². The fraction of sp³-hybridized carbons (Fsp3) is 0.385. The molecule has 2 amide bonds. The van der Waals surface area contributed by atoms with E-state index in [1.165, 1.54) is 6.92 Å². The summed E-state index contributed by atoms with van der Waals surface area (Å²) in [7, 11) is 0. The first-order valence-corrected chi connectivity index (χ1v) is 7.21. The third kappa shape index (κ3) is 5.79. The predicted molar refractivity (Wildman–Crippen MR) is 80.9 cm³/mol. The highest BCUT2D eigenvalue weighted by Gasteiger charge is 2.15. The normalized spacial score (nSPS) is 11.6. The molecule has 1 rings (SSSR count). The molecular formula is C13H16BrClN2O3. The zero-order valence-electron chi connectivity index (χ0n) is 11.2. The third-order valence-electron chi connectivity index (χ3n) is 2.37. The minimum atomic E-state index is -0.648. The smallest absolute Gasteiger partial charge is 0.260 e. The van der Waals surface area contributed by atoms with E-state index in [9.17, 15) is 9.59 Å². The standard InChI is InChI=1S/C13H16BrClN2O3/c1-8(13(19)17-6-5-16-9(2)18)20-12-4-3-10(15)7-11(12)14/h3-4,7-8H,5-6H2,1-2H3,(H,16,18)(H,17,19). The average molecular weight is 364 g/mol. The number of rotatable bonds is 6. The van der Waals surface area contributed by atoms with Gasteiger partial charge in [-0.3, -0.25) is 9.59 Å². The molecule has 0 radical (unpaired) electrons. The lowest BCUT2D eigenvalue weighted by Crippen LogP contribution is -2.40. The molecule has 1 atom stereocenters. The second-order valence-electron chi connectivity index (χ2n) is 4.11. The molecule has 0 aromatic heterocycles. The van der Waals surface area contributed by atoms with Gasteiger partial charge in [0.2, 0.25) is 5.91 Å². The molecule has 0 spiro atoms. The first-order chi connectivity index (χ1) is 9.40. The Morgan fingerprint density at radius 1 is 1.35 bits per heavy atom. The lowest BCUT2D eigenvalue weighted by atomic mass is 10.3. The Morgan fingerprint density at radius 2 is 2.00 bits per heavy atom. The summed E-state index contributed by atoms with van der Waals surface area (Å²) in [6.45, 7) is 3.81. The highest BCUT2D eigenvalue weighted by atomic mass is 79.9. The Balaban J connectivity index is 2.43. The van der Waals surface area contributed by atoms with Crippen molar-refractivity contribution < 1.29 is 14.3 Å². The molecule has 0 bridgehead atoms. The van der Waals surface area contributed by atoms with Crippen LogP contribution in [0.3, 0.4) is 0 Å². The van der Waals surface area contributed by atoms with Crippen LogP contribution in [0.25, 0.3) is 0 Å². The van der Waals surface area contributed by atoms with Gasteiger partial charge in [-0.25, -0.2) is 0 Å². The number of ether oxygens (including phenoxy) is 1. The van der Waals surface area contributed by atoms with Crippen molar-refractivity contribution in [1.29, 1.82) is 0 Å². The summed E-state index contributed by atoms with van der Waals surface area (Å²) in [6.07, 6.45) is -0.648. The highest BCUT2D eigenvalue weighted by Crippen LogP contribution is 2.28. The Kier molecular flexibility index (Phi) is 6.81. The Morgan fingerprint density at radius 3 is 2.60 bits per heavy atom. The Labute approximate surface area is 131 Å². The predicted octanol–water partition coefficient (Wildman–Crippen LogP) is 2.12. The van der Waals surface area contributed by atoms with E-state index < -0.39 is 6.10 Å². The summed E-state index contributed by atoms with van der Waals surface area (Å²) >= 11 is 9.14. The van der Waals surface area contributed by atoms with Gasteiger partial charge in [-0.05, 0) is 41.1 Å². The van der Waals surface area contributed by atoms with Gasteiger partial charge in [-0.15, -0.1) is 0 Å². The zero-order valence-corrected chi connectivity index (χ0v) is 13.5. The van der Waals surface area contributed by atoms with E-state index in [2.05, 4.69) is 26.6 Å². The Bertz CT molecular complexity index is 497. The van der Waals surface area contributed by atoms with Crippen LogP contribution < -0.4 is 15.4 Å². The van der Waals surface area contributed by atoms with E-state index in [1.54, 1.807) is 25.1 Å². The van der Waals surface area contributed by atoms with Gasteiger partial charge in [0, 0.05) is 25.0 Å². The summed E-state index contributed by atoms with van der Waals surface area (Å²) in [6, 6.07) is 5.06. The van der Waals surface area contributed by atoms with E-state index in [1.807, 2.05) is 0 Å². The van der Waals surface area contributed by atoms with Crippen LogP contribution >= 0.6 is 27.5 Å². The number of amides is 2. The molecule has 1 aromatic rings. The maximum Gasteiger partial charge on any atom is 0.260 e. The van der Waals surface area contributed by atoms with Crippen molar-refractivity contribution in [3.05, 3.63) is 27.7 Å². The van der Waals surface area contributed by atoms with Crippen LogP contribution in [0.15, 0.2) is 22.7 Å². The number of benzene rings is 1. The first-order valence-electron chi connectivity index (χ1n) is 6.04. The Hall–Kier alpha value is -1.27. The van der Waals surface area contributed by atoms with Gasteiger partial charge in [0.1, 0.15) is 5.75 Å². The van der Waals surface area contributed by atoms with E-state index >= 15 is 0 Å². The van der Waals surface area contributed by atoms with Crippen LogP contribution in [0.1, 0.15) is 13.8 Å². The topological polar surface area (TPSA) is 67.4 Å². The maximum atomic E-state index is 11.8. The number of carbonyl (C=O) groups excluding carboxylic acids is 2.